The third kappa shape index (κ3) is 2.97. The summed E-state index contributed by atoms with van der Waals surface area (Å²) in [6.45, 7) is 1.99. The van der Waals surface area contributed by atoms with Gasteiger partial charge in [0, 0.05) is 10.8 Å². The van der Waals surface area contributed by atoms with E-state index in [2.05, 4.69) is 22.7 Å². The van der Waals surface area contributed by atoms with E-state index >= 15 is 0 Å². The van der Waals surface area contributed by atoms with Crippen molar-refractivity contribution in [2.24, 2.45) is 5.10 Å². The Morgan fingerprint density at radius 2 is 1.42 bits per heavy atom. The maximum atomic E-state index is 5.21. The van der Waals surface area contributed by atoms with Gasteiger partial charge in [-0.25, -0.2) is 4.98 Å². The Morgan fingerprint density at radius 3 is 2.00 bits per heavy atom. The lowest BCUT2D eigenvalue weighted by molar-refractivity contribution is 0.415. The number of anilines is 1. The minimum atomic E-state index is 0.834. The topological polar surface area (TPSA) is 46.5 Å². The molecule has 0 aliphatic carbocycles. The van der Waals surface area contributed by atoms with Crippen LogP contribution >= 0.6 is 0 Å². The van der Waals surface area contributed by atoms with Crippen molar-refractivity contribution < 1.29 is 4.74 Å². The molecule has 0 aliphatic heterocycles. The van der Waals surface area contributed by atoms with Crippen molar-refractivity contribution in [3.8, 4) is 5.75 Å². The maximum Gasteiger partial charge on any atom is 0.118 e. The van der Waals surface area contributed by atoms with Crippen LogP contribution in [0.3, 0.4) is 0 Å². The summed E-state index contributed by atoms with van der Waals surface area (Å²) in [5.74, 6) is 0.834. The smallest absolute Gasteiger partial charge is 0.118 e. The molecule has 1 N–H and O–H groups in total. The number of pyridine rings is 1. The molecule has 0 saturated carbocycles. The first-order valence-corrected chi connectivity index (χ1v) is 8.48. The van der Waals surface area contributed by atoms with Crippen LogP contribution in [0.1, 0.15) is 12.5 Å². The summed E-state index contributed by atoms with van der Waals surface area (Å²) < 4.78 is 5.21. The first-order valence-electron chi connectivity index (χ1n) is 8.48. The molecule has 0 radical (unpaired) electrons. The molecule has 0 saturated heterocycles. The van der Waals surface area contributed by atoms with E-state index < -0.39 is 0 Å². The van der Waals surface area contributed by atoms with Gasteiger partial charge in [0.05, 0.1) is 29.5 Å². The van der Waals surface area contributed by atoms with E-state index in [4.69, 9.17) is 9.72 Å². The minimum Gasteiger partial charge on any atom is -0.497 e. The number of aromatic nitrogens is 1. The van der Waals surface area contributed by atoms with Gasteiger partial charge in [0.15, 0.2) is 0 Å². The van der Waals surface area contributed by atoms with E-state index in [0.29, 0.717) is 0 Å². The standard InChI is InChI=1S/C22H19N3O/c1-15(16-11-13-17(26-2)14-12-16)24-25-22-18-7-3-5-9-20(18)23-21-10-6-4-8-19(21)22/h3-14H,1-2H3,(H,23,25)/b24-15+. The molecule has 0 bridgehead atoms. The lowest BCUT2D eigenvalue weighted by Crippen LogP contribution is -2.01. The molecule has 0 unspecified atom stereocenters. The van der Waals surface area contributed by atoms with Crippen LogP contribution in [-0.2, 0) is 0 Å². The Hall–Kier alpha value is -3.40. The van der Waals surface area contributed by atoms with Crippen LogP contribution in [-0.4, -0.2) is 17.8 Å². The number of hydrogen-bond donors (Lipinski definition) is 1. The number of fused-ring (bicyclic) bond motifs is 2. The molecule has 3 aromatic carbocycles. The average Bonchev–Trinajstić information content (AvgIpc) is 2.71. The van der Waals surface area contributed by atoms with Gasteiger partial charge in [-0.05, 0) is 48.9 Å². The van der Waals surface area contributed by atoms with Gasteiger partial charge >= 0.3 is 0 Å². The van der Waals surface area contributed by atoms with Crippen molar-refractivity contribution in [2.45, 2.75) is 6.92 Å². The normalized spacial score (nSPS) is 11.7. The quantitative estimate of drug-likeness (QED) is 0.314. The third-order valence-electron chi connectivity index (χ3n) is 4.43. The average molecular weight is 341 g/mol. The molecule has 0 fully saturated rings. The predicted octanol–water partition coefficient (Wildman–Crippen LogP) is 5.23. The Balaban J connectivity index is 1.77. The molecule has 1 heterocycles. The molecule has 0 atom stereocenters. The number of para-hydroxylation sites is 2. The zero-order chi connectivity index (χ0) is 17.9. The van der Waals surface area contributed by atoms with Gasteiger partial charge in [-0.3, -0.25) is 5.43 Å². The molecule has 4 heteroatoms. The Labute approximate surface area is 152 Å². The first-order chi connectivity index (χ1) is 12.8. The van der Waals surface area contributed by atoms with E-state index in [1.165, 1.54) is 0 Å². The van der Waals surface area contributed by atoms with Crippen molar-refractivity contribution in [2.75, 3.05) is 12.5 Å². The third-order valence-corrected chi connectivity index (χ3v) is 4.43. The number of ether oxygens (including phenoxy) is 1. The molecular formula is C22H19N3O. The Kier molecular flexibility index (Phi) is 4.23. The van der Waals surface area contributed by atoms with Gasteiger partial charge in [-0.1, -0.05) is 36.4 Å². The highest BCUT2D eigenvalue weighted by molar-refractivity contribution is 6.08. The van der Waals surface area contributed by atoms with E-state index in [-0.39, 0.29) is 0 Å². The van der Waals surface area contributed by atoms with Crippen LogP contribution in [0.15, 0.2) is 77.9 Å². The summed E-state index contributed by atoms with van der Waals surface area (Å²) >= 11 is 0. The Bertz CT molecular complexity index is 1050. The molecule has 128 valence electrons. The van der Waals surface area contributed by atoms with E-state index in [0.717, 1.165) is 44.5 Å². The Morgan fingerprint density at radius 1 is 0.846 bits per heavy atom. The highest BCUT2D eigenvalue weighted by atomic mass is 16.5. The number of hydrogen-bond acceptors (Lipinski definition) is 4. The number of benzene rings is 3. The van der Waals surface area contributed by atoms with E-state index in [1.54, 1.807) is 7.11 Å². The van der Waals surface area contributed by atoms with E-state index in [1.807, 2.05) is 67.6 Å². The fourth-order valence-electron chi connectivity index (χ4n) is 3.00. The maximum absolute atomic E-state index is 5.21. The zero-order valence-corrected chi connectivity index (χ0v) is 14.7. The van der Waals surface area contributed by atoms with Crippen LogP contribution < -0.4 is 10.2 Å². The molecule has 0 spiro atoms. The fourth-order valence-corrected chi connectivity index (χ4v) is 3.00. The molecule has 1 aromatic heterocycles. The minimum absolute atomic E-state index is 0.834. The van der Waals surface area contributed by atoms with Crippen LogP contribution in [0, 0.1) is 0 Å². The SMILES string of the molecule is COc1ccc(/C(C)=N/Nc2c3ccccc3nc3ccccc23)cc1. The lowest BCUT2D eigenvalue weighted by Gasteiger charge is -2.11. The second-order valence-electron chi connectivity index (χ2n) is 6.06. The van der Waals surface area contributed by atoms with Crippen LogP contribution in [0.5, 0.6) is 5.75 Å². The van der Waals surface area contributed by atoms with Gasteiger partial charge in [-0.2, -0.15) is 5.10 Å². The number of nitrogens with one attached hydrogen (secondary N) is 1. The van der Waals surface area contributed by atoms with Crippen molar-refractivity contribution in [1.29, 1.82) is 0 Å². The highest BCUT2D eigenvalue weighted by Crippen LogP contribution is 2.30. The number of hydrazone groups is 1. The zero-order valence-electron chi connectivity index (χ0n) is 14.7. The molecule has 0 amide bonds. The largest absolute Gasteiger partial charge is 0.497 e. The number of rotatable bonds is 4. The van der Waals surface area contributed by atoms with Crippen LogP contribution in [0.4, 0.5) is 5.69 Å². The van der Waals surface area contributed by atoms with Crippen molar-refractivity contribution >= 4 is 33.2 Å². The van der Waals surface area contributed by atoms with Crippen LogP contribution in [0.25, 0.3) is 21.8 Å². The highest BCUT2D eigenvalue weighted by Gasteiger charge is 2.08. The molecular weight excluding hydrogens is 322 g/mol. The molecule has 0 aliphatic rings. The van der Waals surface area contributed by atoms with Gasteiger partial charge in [0.25, 0.3) is 0 Å². The predicted molar refractivity (Wildman–Crippen MR) is 108 cm³/mol. The molecule has 26 heavy (non-hydrogen) atoms. The van der Waals surface area contributed by atoms with E-state index in [9.17, 15) is 0 Å². The molecule has 4 aromatic rings. The summed E-state index contributed by atoms with van der Waals surface area (Å²) in [6, 6.07) is 24.1. The number of nitrogens with zero attached hydrogens (tertiary/aromatic N) is 2. The second kappa shape index (κ2) is 6.84. The van der Waals surface area contributed by atoms with Gasteiger partial charge < -0.3 is 4.74 Å². The molecule has 4 nitrogen and oxygen atoms in total. The van der Waals surface area contributed by atoms with Crippen LogP contribution in [0.2, 0.25) is 0 Å². The lowest BCUT2D eigenvalue weighted by atomic mass is 10.1. The van der Waals surface area contributed by atoms with Gasteiger partial charge in [0.2, 0.25) is 0 Å². The van der Waals surface area contributed by atoms with Crippen molar-refractivity contribution in [1.82, 2.24) is 4.98 Å². The van der Waals surface area contributed by atoms with Crippen molar-refractivity contribution in [3.63, 3.8) is 0 Å². The summed E-state index contributed by atoms with van der Waals surface area (Å²) in [5, 5.41) is 6.72. The van der Waals surface area contributed by atoms with Gasteiger partial charge in [-0.15, -0.1) is 0 Å². The number of methoxy groups -OCH3 is 1. The monoisotopic (exact) mass is 341 g/mol. The van der Waals surface area contributed by atoms with Crippen molar-refractivity contribution in [3.05, 3.63) is 78.4 Å². The molecule has 4 rings (SSSR count). The summed E-state index contributed by atoms with van der Waals surface area (Å²) in [7, 11) is 1.66. The summed E-state index contributed by atoms with van der Waals surface area (Å²) in [5.41, 5.74) is 8.09. The van der Waals surface area contributed by atoms with Gasteiger partial charge in [0.1, 0.15) is 5.75 Å². The fraction of sp³-hybridized carbons (Fsp3) is 0.0909. The summed E-state index contributed by atoms with van der Waals surface area (Å²) in [4.78, 5) is 4.74. The second-order valence-corrected chi connectivity index (χ2v) is 6.06. The first kappa shape index (κ1) is 16.1. The summed E-state index contributed by atoms with van der Waals surface area (Å²) in [6.07, 6.45) is 0.